The molecular weight excluding hydrogens is 204 g/mol. The fourth-order valence-electron chi connectivity index (χ4n) is 2.45. The van der Waals surface area contributed by atoms with Crippen LogP contribution in [-0.2, 0) is 6.54 Å². The van der Waals surface area contributed by atoms with Crippen molar-refractivity contribution in [2.45, 2.75) is 18.7 Å². The predicted octanol–water partition coefficient (Wildman–Crippen LogP) is 1.07. The van der Waals surface area contributed by atoms with Crippen LogP contribution in [0.3, 0.4) is 0 Å². The van der Waals surface area contributed by atoms with Gasteiger partial charge >= 0.3 is 0 Å². The van der Waals surface area contributed by atoms with E-state index in [1.54, 1.807) is 6.07 Å². The number of aliphatic hydroxyl groups excluding tert-OH is 1. The summed E-state index contributed by atoms with van der Waals surface area (Å²) in [5.41, 5.74) is 1.64. The van der Waals surface area contributed by atoms with Crippen molar-refractivity contribution in [2.75, 3.05) is 0 Å². The summed E-state index contributed by atoms with van der Waals surface area (Å²) in [5.74, 6) is 0. The van der Waals surface area contributed by atoms with Crippen LogP contribution in [0.25, 0.3) is 0 Å². The summed E-state index contributed by atoms with van der Waals surface area (Å²) in [6.45, 7) is 0.587. The number of hydrogen-bond acceptors (Lipinski definition) is 2. The Balaban J connectivity index is 2.11. The molecule has 0 amide bonds. The molecule has 82 valence electrons. The van der Waals surface area contributed by atoms with Crippen LogP contribution < -0.4 is 0 Å². The zero-order chi connectivity index (χ0) is 11.1. The number of hydrogen-bond donors (Lipinski definition) is 1. The van der Waals surface area contributed by atoms with Crippen molar-refractivity contribution in [3.8, 4) is 0 Å². The van der Waals surface area contributed by atoms with Crippen molar-refractivity contribution in [1.29, 1.82) is 0 Å². The van der Waals surface area contributed by atoms with Gasteiger partial charge in [0.15, 0.2) is 6.29 Å². The first-order valence-electron chi connectivity index (χ1n) is 5.26. The number of nitrogens with zero attached hydrogens (tertiary/aromatic N) is 2. The Hall–Kier alpha value is -1.81. The van der Waals surface area contributed by atoms with Crippen LogP contribution >= 0.6 is 0 Å². The minimum absolute atomic E-state index is 0.148. The van der Waals surface area contributed by atoms with Crippen LogP contribution in [0.4, 0.5) is 0 Å². The number of fused-ring (bicyclic) bond motifs is 1. The monoisotopic (exact) mass is 216 g/mol. The number of aldehydes is 1. The molecule has 2 atom stereocenters. The van der Waals surface area contributed by atoms with E-state index in [-0.39, 0.29) is 6.04 Å². The molecule has 1 aliphatic heterocycles. The van der Waals surface area contributed by atoms with E-state index in [0.29, 0.717) is 12.2 Å². The Morgan fingerprint density at radius 3 is 2.94 bits per heavy atom. The normalized spacial score (nSPS) is 23.3. The largest absolute Gasteiger partial charge is 0.389 e. The average Bonchev–Trinajstić information content (AvgIpc) is 2.91. The van der Waals surface area contributed by atoms with Gasteiger partial charge in [0, 0.05) is 18.1 Å². The smallest absolute Gasteiger partial charge is 0.166 e. The van der Waals surface area contributed by atoms with E-state index in [0.717, 1.165) is 12.0 Å². The maximum atomic E-state index is 10.9. The molecule has 4 nitrogen and oxygen atoms in total. The molecule has 2 aromatic heterocycles. The van der Waals surface area contributed by atoms with Gasteiger partial charge in [-0.1, -0.05) is 0 Å². The van der Waals surface area contributed by atoms with Gasteiger partial charge in [-0.15, -0.1) is 0 Å². The highest BCUT2D eigenvalue weighted by Gasteiger charge is 2.32. The third-order valence-electron chi connectivity index (χ3n) is 3.15. The Morgan fingerprint density at radius 1 is 1.31 bits per heavy atom. The SMILES string of the molecule is O=Cc1cccn1[C@@H]1c2cccn2C[C@H]1O. The first-order chi connectivity index (χ1) is 7.81. The molecule has 0 unspecified atom stereocenters. The molecule has 2 aromatic rings. The third-order valence-corrected chi connectivity index (χ3v) is 3.15. The number of rotatable bonds is 2. The molecule has 0 saturated carbocycles. The molecule has 0 fully saturated rings. The standard InChI is InChI=1S/C12H12N2O2/c15-8-9-3-1-6-14(9)12-10-4-2-5-13(10)7-11(12)16/h1-6,8,11-12,16H,7H2/t11-,12-/m1/s1. The van der Waals surface area contributed by atoms with Crippen molar-refractivity contribution < 1.29 is 9.90 Å². The molecule has 0 aliphatic carbocycles. The van der Waals surface area contributed by atoms with Gasteiger partial charge in [-0.25, -0.2) is 0 Å². The lowest BCUT2D eigenvalue weighted by Crippen LogP contribution is -2.22. The highest BCUT2D eigenvalue weighted by atomic mass is 16.3. The summed E-state index contributed by atoms with van der Waals surface area (Å²) in [4.78, 5) is 10.9. The fraction of sp³-hybridized carbons (Fsp3) is 0.250. The quantitative estimate of drug-likeness (QED) is 0.763. The minimum Gasteiger partial charge on any atom is -0.389 e. The van der Waals surface area contributed by atoms with Crippen molar-refractivity contribution in [1.82, 2.24) is 9.13 Å². The molecule has 3 heterocycles. The summed E-state index contributed by atoms with van der Waals surface area (Å²) in [7, 11) is 0. The highest BCUT2D eigenvalue weighted by Crippen LogP contribution is 2.31. The van der Waals surface area contributed by atoms with Gasteiger partial charge in [0.25, 0.3) is 0 Å². The first kappa shape index (κ1) is 9.42. The number of aromatic nitrogens is 2. The second kappa shape index (κ2) is 3.35. The summed E-state index contributed by atoms with van der Waals surface area (Å²) >= 11 is 0. The number of carbonyl (C=O) groups excluding carboxylic acids is 1. The molecule has 0 saturated heterocycles. The lowest BCUT2D eigenvalue weighted by Gasteiger charge is -2.17. The van der Waals surface area contributed by atoms with E-state index in [1.165, 1.54) is 0 Å². The molecule has 0 aromatic carbocycles. The molecule has 16 heavy (non-hydrogen) atoms. The van der Waals surface area contributed by atoms with Gasteiger partial charge in [-0.2, -0.15) is 0 Å². The molecule has 1 aliphatic rings. The second-order valence-corrected chi connectivity index (χ2v) is 4.06. The van der Waals surface area contributed by atoms with Crippen molar-refractivity contribution in [3.05, 3.63) is 48.0 Å². The van der Waals surface area contributed by atoms with Gasteiger partial charge in [-0.3, -0.25) is 4.79 Å². The summed E-state index contributed by atoms with van der Waals surface area (Å²) in [5, 5.41) is 10.0. The van der Waals surface area contributed by atoms with E-state index in [9.17, 15) is 9.90 Å². The van der Waals surface area contributed by atoms with E-state index in [4.69, 9.17) is 0 Å². The number of carbonyl (C=O) groups is 1. The van der Waals surface area contributed by atoms with Crippen LogP contribution in [0.2, 0.25) is 0 Å². The number of aliphatic hydroxyl groups is 1. The maximum Gasteiger partial charge on any atom is 0.166 e. The molecule has 0 bridgehead atoms. The van der Waals surface area contributed by atoms with Gasteiger partial charge in [-0.05, 0) is 24.3 Å². The average molecular weight is 216 g/mol. The zero-order valence-electron chi connectivity index (χ0n) is 8.65. The lowest BCUT2D eigenvalue weighted by atomic mass is 10.1. The Bertz CT molecular complexity index is 527. The van der Waals surface area contributed by atoms with Crippen molar-refractivity contribution >= 4 is 6.29 Å². The van der Waals surface area contributed by atoms with Gasteiger partial charge in [0.05, 0.1) is 18.3 Å². The van der Waals surface area contributed by atoms with Crippen LogP contribution in [0.15, 0.2) is 36.7 Å². The van der Waals surface area contributed by atoms with E-state index < -0.39 is 6.10 Å². The molecular formula is C12H12N2O2. The van der Waals surface area contributed by atoms with Crippen LogP contribution in [-0.4, -0.2) is 26.6 Å². The highest BCUT2D eigenvalue weighted by molar-refractivity contribution is 5.72. The van der Waals surface area contributed by atoms with E-state index in [2.05, 4.69) is 0 Å². The van der Waals surface area contributed by atoms with E-state index in [1.807, 2.05) is 39.7 Å². The van der Waals surface area contributed by atoms with Gasteiger partial charge < -0.3 is 14.2 Å². The lowest BCUT2D eigenvalue weighted by molar-refractivity contribution is 0.110. The summed E-state index contributed by atoms with van der Waals surface area (Å²) in [6.07, 6.45) is 4.13. The van der Waals surface area contributed by atoms with E-state index >= 15 is 0 Å². The summed E-state index contributed by atoms with van der Waals surface area (Å²) in [6, 6.07) is 7.37. The maximum absolute atomic E-state index is 10.9. The van der Waals surface area contributed by atoms with Crippen LogP contribution in [0.1, 0.15) is 22.2 Å². The first-order valence-corrected chi connectivity index (χ1v) is 5.26. The molecule has 4 heteroatoms. The van der Waals surface area contributed by atoms with Crippen LogP contribution in [0, 0.1) is 0 Å². The Morgan fingerprint density at radius 2 is 2.12 bits per heavy atom. The Kier molecular flexibility index (Phi) is 1.97. The molecule has 0 radical (unpaired) electrons. The molecule has 1 N–H and O–H groups in total. The third kappa shape index (κ3) is 1.17. The van der Waals surface area contributed by atoms with Crippen LogP contribution in [0.5, 0.6) is 0 Å². The fourth-order valence-corrected chi connectivity index (χ4v) is 2.45. The van der Waals surface area contributed by atoms with Crippen molar-refractivity contribution in [3.63, 3.8) is 0 Å². The molecule has 0 spiro atoms. The Labute approximate surface area is 92.7 Å². The van der Waals surface area contributed by atoms with Gasteiger partial charge in [0.2, 0.25) is 0 Å². The predicted molar refractivity (Wildman–Crippen MR) is 58.4 cm³/mol. The topological polar surface area (TPSA) is 47.2 Å². The minimum atomic E-state index is -0.470. The summed E-state index contributed by atoms with van der Waals surface area (Å²) < 4.78 is 3.85. The zero-order valence-corrected chi connectivity index (χ0v) is 8.65. The van der Waals surface area contributed by atoms with Crippen molar-refractivity contribution in [2.24, 2.45) is 0 Å². The molecule has 3 rings (SSSR count). The second-order valence-electron chi connectivity index (χ2n) is 4.06. The van der Waals surface area contributed by atoms with Gasteiger partial charge in [0.1, 0.15) is 6.04 Å².